The molecule has 39 heavy (non-hydrogen) atoms. The number of likely N-dealkylation sites (tertiary alicyclic amines) is 1. The molecule has 9 heteroatoms. The first-order valence-corrected chi connectivity index (χ1v) is 13.7. The van der Waals surface area contributed by atoms with Gasteiger partial charge in [0.15, 0.2) is 5.76 Å². The van der Waals surface area contributed by atoms with Gasteiger partial charge in [-0.2, -0.15) is 0 Å². The number of hydrogen-bond donors (Lipinski definition) is 1. The molecule has 3 aromatic rings. The van der Waals surface area contributed by atoms with Gasteiger partial charge in [-0.05, 0) is 56.0 Å². The number of hydrogen-bond acceptors (Lipinski definition) is 7. The number of Topliss-reactive ketones (excluding diaryl/α,β-unsaturated/α-hetero) is 1. The van der Waals surface area contributed by atoms with E-state index in [2.05, 4.69) is 9.88 Å². The first kappa shape index (κ1) is 26.9. The third-order valence-electron chi connectivity index (χ3n) is 7.47. The average molecular weight is 533 g/mol. The number of nitrogens with zero attached hydrogens (tertiary/aromatic N) is 4. The summed E-state index contributed by atoms with van der Waals surface area (Å²) in [6.45, 7) is 10.7. The number of carbonyl (C=O) groups is 2. The molecule has 0 radical (unpaired) electrons. The molecular formula is C30H36N4O5. The molecule has 1 atom stereocenters. The number of aromatic nitrogens is 2. The van der Waals surface area contributed by atoms with Gasteiger partial charge in [-0.1, -0.05) is 25.1 Å². The van der Waals surface area contributed by atoms with Crippen LogP contribution in [0.5, 0.6) is 5.75 Å². The zero-order valence-electron chi connectivity index (χ0n) is 22.9. The Bertz CT molecular complexity index is 1410. The summed E-state index contributed by atoms with van der Waals surface area (Å²) in [4.78, 5) is 35.5. The molecule has 5 rings (SSSR count). The Morgan fingerprint density at radius 2 is 1.92 bits per heavy atom. The molecular weight excluding hydrogens is 496 g/mol. The number of benzene rings is 1. The van der Waals surface area contributed by atoms with E-state index in [1.165, 1.54) is 0 Å². The molecule has 0 aliphatic carbocycles. The number of aryl methyl sites for hydroxylation is 2. The fourth-order valence-corrected chi connectivity index (χ4v) is 5.41. The van der Waals surface area contributed by atoms with Crippen molar-refractivity contribution in [1.82, 2.24) is 19.2 Å². The highest BCUT2D eigenvalue weighted by molar-refractivity contribution is 6.46. The minimum atomic E-state index is -0.745. The predicted octanol–water partition coefficient (Wildman–Crippen LogP) is 3.88. The lowest BCUT2D eigenvalue weighted by Gasteiger charge is -2.29. The number of morpholine rings is 1. The molecule has 1 N–H and O–H groups in total. The van der Waals surface area contributed by atoms with Gasteiger partial charge in [0.05, 0.1) is 37.1 Å². The van der Waals surface area contributed by atoms with Crippen LogP contribution in [-0.2, 0) is 14.3 Å². The molecule has 4 heterocycles. The van der Waals surface area contributed by atoms with Crippen molar-refractivity contribution in [2.45, 2.75) is 39.7 Å². The maximum Gasteiger partial charge on any atom is 0.295 e. The zero-order valence-corrected chi connectivity index (χ0v) is 22.9. The number of imidazole rings is 1. The van der Waals surface area contributed by atoms with Crippen molar-refractivity contribution in [2.24, 2.45) is 0 Å². The Hall–Kier alpha value is -3.69. The molecule has 206 valence electrons. The highest BCUT2D eigenvalue weighted by Crippen LogP contribution is 2.40. The summed E-state index contributed by atoms with van der Waals surface area (Å²) in [5.74, 6) is -0.903. The Labute approximate surface area is 228 Å². The van der Waals surface area contributed by atoms with Gasteiger partial charge in [0.1, 0.15) is 17.1 Å². The monoisotopic (exact) mass is 532 g/mol. The van der Waals surface area contributed by atoms with Gasteiger partial charge in [-0.25, -0.2) is 4.98 Å². The highest BCUT2D eigenvalue weighted by Gasteiger charge is 2.46. The van der Waals surface area contributed by atoms with E-state index in [1.807, 2.05) is 67.8 Å². The Kier molecular flexibility index (Phi) is 7.99. The van der Waals surface area contributed by atoms with Gasteiger partial charge >= 0.3 is 0 Å². The molecule has 0 bridgehead atoms. The normalized spacial score (nSPS) is 19.8. The van der Waals surface area contributed by atoms with Crippen LogP contribution in [0.4, 0.5) is 0 Å². The molecule has 2 fully saturated rings. The molecule has 2 aromatic heterocycles. The molecule has 0 saturated carbocycles. The maximum atomic E-state index is 13.5. The van der Waals surface area contributed by atoms with Gasteiger partial charge in [0.2, 0.25) is 0 Å². The smallest absolute Gasteiger partial charge is 0.295 e. The van der Waals surface area contributed by atoms with E-state index < -0.39 is 17.7 Å². The molecule has 0 spiro atoms. The van der Waals surface area contributed by atoms with Crippen LogP contribution in [0.15, 0.2) is 48.2 Å². The van der Waals surface area contributed by atoms with Crippen LogP contribution in [0.3, 0.4) is 0 Å². The number of ketones is 1. The van der Waals surface area contributed by atoms with Gasteiger partial charge in [0.25, 0.3) is 11.7 Å². The van der Waals surface area contributed by atoms with Crippen LogP contribution in [-0.4, -0.2) is 82.0 Å². The van der Waals surface area contributed by atoms with Crippen molar-refractivity contribution in [1.29, 1.82) is 0 Å². The van der Waals surface area contributed by atoms with E-state index in [9.17, 15) is 14.7 Å². The lowest BCUT2D eigenvalue weighted by Crippen LogP contribution is -2.38. The van der Waals surface area contributed by atoms with Gasteiger partial charge in [0, 0.05) is 32.4 Å². The lowest BCUT2D eigenvalue weighted by molar-refractivity contribution is -0.140. The highest BCUT2D eigenvalue weighted by atomic mass is 16.5. The van der Waals surface area contributed by atoms with Crippen LogP contribution in [0.25, 0.3) is 11.4 Å². The number of fused-ring (bicyclic) bond motifs is 1. The number of aliphatic hydroxyl groups excluding tert-OH is 1. The van der Waals surface area contributed by atoms with Crippen LogP contribution < -0.4 is 4.74 Å². The number of aliphatic hydroxyl groups is 1. The van der Waals surface area contributed by atoms with Crippen molar-refractivity contribution >= 4 is 23.1 Å². The topological polar surface area (TPSA) is 96.6 Å². The average Bonchev–Trinajstić information content (AvgIpc) is 3.42. The summed E-state index contributed by atoms with van der Waals surface area (Å²) in [6.07, 6.45) is 3.43. The van der Waals surface area contributed by atoms with Crippen molar-refractivity contribution < 1.29 is 24.2 Å². The third kappa shape index (κ3) is 5.29. The Morgan fingerprint density at radius 3 is 2.67 bits per heavy atom. The van der Waals surface area contributed by atoms with E-state index in [1.54, 1.807) is 4.90 Å². The van der Waals surface area contributed by atoms with Crippen molar-refractivity contribution in [3.8, 4) is 5.75 Å². The first-order chi connectivity index (χ1) is 18.9. The third-order valence-corrected chi connectivity index (χ3v) is 7.47. The second kappa shape index (κ2) is 11.6. The number of carbonyl (C=O) groups excluding carboxylic acids is 2. The summed E-state index contributed by atoms with van der Waals surface area (Å²) in [5.41, 5.74) is 3.42. The van der Waals surface area contributed by atoms with Crippen LogP contribution in [0.2, 0.25) is 0 Å². The largest absolute Gasteiger partial charge is 0.505 e. The summed E-state index contributed by atoms with van der Waals surface area (Å²) in [6, 6.07) is 10.6. The summed E-state index contributed by atoms with van der Waals surface area (Å²) >= 11 is 0. The van der Waals surface area contributed by atoms with E-state index in [0.29, 0.717) is 61.1 Å². The molecule has 1 unspecified atom stereocenters. The fourth-order valence-electron chi connectivity index (χ4n) is 5.41. The molecule has 2 aliphatic heterocycles. The summed E-state index contributed by atoms with van der Waals surface area (Å²) < 4.78 is 13.2. The van der Waals surface area contributed by atoms with Gasteiger partial charge in [-0.3, -0.25) is 14.5 Å². The second-order valence-corrected chi connectivity index (χ2v) is 10.2. The quantitative estimate of drug-likeness (QED) is 0.254. The van der Waals surface area contributed by atoms with E-state index in [4.69, 9.17) is 9.47 Å². The minimum Gasteiger partial charge on any atom is -0.505 e. The van der Waals surface area contributed by atoms with E-state index in [-0.39, 0.29) is 11.3 Å². The standard InChI is InChI=1S/C30H36N4O5/c1-4-16-39-23-10-5-9-22(19-23)26-24(27(35)25-21(3)33-12-6-8-20(2)29(33)31-25)28(36)30(37)34(26)13-7-11-32-14-17-38-18-15-32/h5-6,8-10,12,19,26,35H,4,7,11,13-18H2,1-3H3. The first-order valence-electron chi connectivity index (χ1n) is 13.7. The predicted molar refractivity (Wildman–Crippen MR) is 148 cm³/mol. The van der Waals surface area contributed by atoms with E-state index >= 15 is 0 Å². The van der Waals surface area contributed by atoms with Crippen molar-refractivity contribution in [3.63, 3.8) is 0 Å². The van der Waals surface area contributed by atoms with Crippen LogP contribution >= 0.6 is 0 Å². The number of amides is 1. The molecule has 9 nitrogen and oxygen atoms in total. The molecule has 2 saturated heterocycles. The maximum absolute atomic E-state index is 13.5. The van der Waals surface area contributed by atoms with Gasteiger partial charge in [-0.15, -0.1) is 0 Å². The Morgan fingerprint density at radius 1 is 1.13 bits per heavy atom. The minimum absolute atomic E-state index is 0.0585. The number of rotatable bonds is 9. The number of ether oxygens (including phenoxy) is 2. The van der Waals surface area contributed by atoms with Crippen LogP contribution in [0, 0.1) is 13.8 Å². The molecule has 1 amide bonds. The van der Waals surface area contributed by atoms with E-state index in [0.717, 1.165) is 31.6 Å². The lowest BCUT2D eigenvalue weighted by atomic mass is 9.96. The number of pyridine rings is 1. The van der Waals surface area contributed by atoms with Crippen molar-refractivity contribution in [2.75, 3.05) is 46.0 Å². The fraction of sp³-hybridized carbons (Fsp3) is 0.433. The second-order valence-electron chi connectivity index (χ2n) is 10.2. The van der Waals surface area contributed by atoms with Crippen LogP contribution in [0.1, 0.15) is 48.3 Å². The summed E-state index contributed by atoms with van der Waals surface area (Å²) in [5, 5.41) is 11.6. The molecule has 2 aliphatic rings. The summed E-state index contributed by atoms with van der Waals surface area (Å²) in [7, 11) is 0. The van der Waals surface area contributed by atoms with Gasteiger partial charge < -0.3 is 23.9 Å². The van der Waals surface area contributed by atoms with Crippen molar-refractivity contribution in [3.05, 3.63) is 70.7 Å². The molecule has 1 aromatic carbocycles. The zero-order chi connectivity index (χ0) is 27.5. The SMILES string of the molecule is CCCOc1cccc(C2C(=C(O)c3nc4c(C)cccn4c3C)C(=O)C(=O)N2CCCN2CCOCC2)c1. The Balaban J connectivity index is 1.55.